The minimum atomic E-state index is -2.74. The fraction of sp³-hybridized carbons (Fsp3) is 0.182. The van der Waals surface area contributed by atoms with Crippen molar-refractivity contribution in [2.75, 3.05) is 5.43 Å². The van der Waals surface area contributed by atoms with Crippen molar-refractivity contribution in [1.29, 1.82) is 0 Å². The standard InChI is InChI=1S/C11H9BrF3N3/c1-4-2-5(12)9(13)8-6(18-16)3-7(11(14)15)17-10(4)8/h2-3,11H,16H2,1H3,(H,17,18). The smallest absolute Gasteiger partial charge is 0.280 e. The average molecular weight is 320 g/mol. The van der Waals surface area contributed by atoms with Crippen LogP contribution in [0.4, 0.5) is 18.9 Å². The van der Waals surface area contributed by atoms with Gasteiger partial charge >= 0.3 is 0 Å². The molecule has 7 heteroatoms. The van der Waals surface area contributed by atoms with Gasteiger partial charge in [0.05, 0.1) is 21.1 Å². The Morgan fingerprint density at radius 3 is 2.61 bits per heavy atom. The first-order chi connectivity index (χ1) is 8.45. The number of nitrogens with zero attached hydrogens (tertiary/aromatic N) is 1. The molecular weight excluding hydrogens is 311 g/mol. The highest BCUT2D eigenvalue weighted by atomic mass is 79.9. The number of pyridine rings is 1. The summed E-state index contributed by atoms with van der Waals surface area (Å²) in [5, 5.41) is 0.0915. The molecule has 18 heavy (non-hydrogen) atoms. The first-order valence-corrected chi connectivity index (χ1v) is 5.79. The van der Waals surface area contributed by atoms with Crippen molar-refractivity contribution in [1.82, 2.24) is 4.98 Å². The van der Waals surface area contributed by atoms with Crippen LogP contribution in [-0.2, 0) is 0 Å². The summed E-state index contributed by atoms with van der Waals surface area (Å²) < 4.78 is 39.6. The molecule has 0 fully saturated rings. The van der Waals surface area contributed by atoms with E-state index in [0.717, 1.165) is 6.07 Å². The molecule has 0 spiro atoms. The Hall–Kier alpha value is -1.34. The van der Waals surface area contributed by atoms with Crippen molar-refractivity contribution in [3.05, 3.63) is 33.7 Å². The lowest BCUT2D eigenvalue weighted by Crippen LogP contribution is -2.10. The summed E-state index contributed by atoms with van der Waals surface area (Å²) in [6.07, 6.45) is -2.74. The van der Waals surface area contributed by atoms with Gasteiger partial charge in [0.25, 0.3) is 6.43 Å². The molecule has 0 radical (unpaired) electrons. The van der Waals surface area contributed by atoms with Crippen molar-refractivity contribution >= 4 is 32.5 Å². The number of benzene rings is 1. The lowest BCUT2D eigenvalue weighted by Gasteiger charge is -2.12. The minimum Gasteiger partial charge on any atom is -0.323 e. The Morgan fingerprint density at radius 1 is 1.39 bits per heavy atom. The molecule has 96 valence electrons. The zero-order chi connectivity index (χ0) is 13.4. The molecule has 2 aromatic rings. The van der Waals surface area contributed by atoms with Crippen LogP contribution in [0.25, 0.3) is 10.9 Å². The summed E-state index contributed by atoms with van der Waals surface area (Å²) in [6, 6.07) is 2.53. The van der Waals surface area contributed by atoms with Crippen molar-refractivity contribution in [2.24, 2.45) is 5.84 Å². The fourth-order valence-corrected chi connectivity index (χ4v) is 2.28. The van der Waals surface area contributed by atoms with E-state index in [1.54, 1.807) is 6.92 Å². The van der Waals surface area contributed by atoms with E-state index in [4.69, 9.17) is 5.84 Å². The molecule has 2 rings (SSSR count). The van der Waals surface area contributed by atoms with Gasteiger partial charge in [-0.05, 0) is 40.5 Å². The van der Waals surface area contributed by atoms with E-state index in [0.29, 0.717) is 5.56 Å². The van der Waals surface area contributed by atoms with Crippen molar-refractivity contribution in [2.45, 2.75) is 13.3 Å². The lowest BCUT2D eigenvalue weighted by molar-refractivity contribution is 0.146. The Bertz CT molecular complexity index is 616. The van der Waals surface area contributed by atoms with E-state index in [1.165, 1.54) is 6.07 Å². The predicted octanol–water partition coefficient (Wildman–Crippen LogP) is 3.67. The molecule has 0 atom stereocenters. The number of nitrogens with two attached hydrogens (primary N) is 1. The Balaban J connectivity index is 2.91. The predicted molar refractivity (Wildman–Crippen MR) is 66.9 cm³/mol. The third kappa shape index (κ3) is 2.04. The quantitative estimate of drug-likeness (QED) is 0.656. The van der Waals surface area contributed by atoms with E-state index < -0.39 is 17.9 Å². The summed E-state index contributed by atoms with van der Waals surface area (Å²) in [6.45, 7) is 1.66. The van der Waals surface area contributed by atoms with Gasteiger partial charge in [0.2, 0.25) is 0 Å². The second kappa shape index (κ2) is 4.74. The zero-order valence-electron chi connectivity index (χ0n) is 9.27. The van der Waals surface area contributed by atoms with Gasteiger partial charge in [0.15, 0.2) is 0 Å². The van der Waals surface area contributed by atoms with Gasteiger partial charge in [-0.2, -0.15) is 0 Å². The number of aryl methyl sites for hydroxylation is 1. The summed E-state index contributed by atoms with van der Waals surface area (Å²) in [4.78, 5) is 3.78. The van der Waals surface area contributed by atoms with Gasteiger partial charge in [-0.1, -0.05) is 0 Å². The highest BCUT2D eigenvalue weighted by Crippen LogP contribution is 2.34. The molecule has 0 aliphatic heterocycles. The number of hydrogen-bond acceptors (Lipinski definition) is 3. The zero-order valence-corrected chi connectivity index (χ0v) is 10.9. The third-order valence-electron chi connectivity index (χ3n) is 2.56. The molecule has 0 saturated heterocycles. The summed E-state index contributed by atoms with van der Waals surface area (Å²) >= 11 is 3.06. The lowest BCUT2D eigenvalue weighted by atomic mass is 10.1. The first kappa shape index (κ1) is 13.1. The van der Waals surface area contributed by atoms with E-state index in [1.807, 2.05) is 0 Å². The molecule has 0 unspecified atom stereocenters. The number of alkyl halides is 2. The van der Waals surface area contributed by atoms with Crippen LogP contribution in [0.15, 0.2) is 16.6 Å². The number of fused-ring (bicyclic) bond motifs is 1. The van der Waals surface area contributed by atoms with Gasteiger partial charge in [0, 0.05) is 0 Å². The minimum absolute atomic E-state index is 0.0807. The Kier molecular flexibility index (Phi) is 3.45. The number of nitrogens with one attached hydrogen (secondary N) is 1. The largest absolute Gasteiger partial charge is 0.323 e. The van der Waals surface area contributed by atoms with Gasteiger partial charge in [-0.15, -0.1) is 0 Å². The van der Waals surface area contributed by atoms with Crippen LogP contribution < -0.4 is 11.3 Å². The molecule has 0 aliphatic carbocycles. The first-order valence-electron chi connectivity index (χ1n) is 4.99. The maximum atomic E-state index is 14.0. The van der Waals surface area contributed by atoms with E-state index in [9.17, 15) is 13.2 Å². The van der Waals surface area contributed by atoms with Crippen LogP contribution >= 0.6 is 15.9 Å². The summed E-state index contributed by atoms with van der Waals surface area (Å²) in [5.74, 6) is 4.66. The Labute approximate surface area is 109 Å². The number of halogens is 4. The number of aromatic nitrogens is 1. The number of hydrazine groups is 1. The Morgan fingerprint density at radius 2 is 2.06 bits per heavy atom. The van der Waals surface area contributed by atoms with Gasteiger partial charge in [-0.25, -0.2) is 18.2 Å². The molecule has 1 heterocycles. The van der Waals surface area contributed by atoms with E-state index in [2.05, 4.69) is 26.3 Å². The van der Waals surface area contributed by atoms with Gasteiger partial charge in [0.1, 0.15) is 11.5 Å². The van der Waals surface area contributed by atoms with Crippen molar-refractivity contribution in [3.8, 4) is 0 Å². The molecule has 1 aromatic heterocycles. The molecule has 1 aromatic carbocycles. The third-order valence-corrected chi connectivity index (χ3v) is 3.14. The molecule has 3 nitrogen and oxygen atoms in total. The molecule has 0 bridgehead atoms. The monoisotopic (exact) mass is 319 g/mol. The van der Waals surface area contributed by atoms with Crippen molar-refractivity contribution in [3.63, 3.8) is 0 Å². The fourth-order valence-electron chi connectivity index (χ4n) is 1.74. The highest BCUT2D eigenvalue weighted by molar-refractivity contribution is 9.10. The topological polar surface area (TPSA) is 50.9 Å². The number of nitrogen functional groups attached to an aromatic ring is 1. The second-order valence-corrected chi connectivity index (χ2v) is 4.61. The van der Waals surface area contributed by atoms with Gasteiger partial charge in [-0.3, -0.25) is 5.84 Å². The summed E-state index contributed by atoms with van der Waals surface area (Å²) in [5.41, 5.74) is 2.61. The van der Waals surface area contributed by atoms with Crippen LogP contribution in [-0.4, -0.2) is 4.98 Å². The SMILES string of the molecule is Cc1cc(Br)c(F)c2c(NN)cc(C(F)F)nc12. The number of hydrogen-bond donors (Lipinski definition) is 2. The van der Waals surface area contributed by atoms with Crippen LogP contribution in [0, 0.1) is 12.7 Å². The van der Waals surface area contributed by atoms with E-state index in [-0.39, 0.29) is 21.1 Å². The molecule has 0 aliphatic rings. The average Bonchev–Trinajstić information content (AvgIpc) is 2.34. The molecule has 0 saturated carbocycles. The number of anilines is 1. The van der Waals surface area contributed by atoms with Crippen molar-refractivity contribution < 1.29 is 13.2 Å². The van der Waals surface area contributed by atoms with Gasteiger partial charge < -0.3 is 5.43 Å². The van der Waals surface area contributed by atoms with Crippen LogP contribution in [0.5, 0.6) is 0 Å². The normalized spacial score (nSPS) is 11.3. The maximum absolute atomic E-state index is 14.0. The van der Waals surface area contributed by atoms with Crippen LogP contribution in [0.3, 0.4) is 0 Å². The van der Waals surface area contributed by atoms with Crippen LogP contribution in [0.1, 0.15) is 17.7 Å². The molecule has 3 N–H and O–H groups in total. The van der Waals surface area contributed by atoms with E-state index >= 15 is 0 Å². The highest BCUT2D eigenvalue weighted by Gasteiger charge is 2.18. The van der Waals surface area contributed by atoms with Crippen LogP contribution in [0.2, 0.25) is 0 Å². The summed E-state index contributed by atoms with van der Waals surface area (Å²) in [7, 11) is 0. The molecule has 0 amide bonds. The second-order valence-electron chi connectivity index (χ2n) is 3.75. The molecular formula is C11H9BrF3N3. The number of rotatable bonds is 2. The maximum Gasteiger partial charge on any atom is 0.280 e.